The van der Waals surface area contributed by atoms with Gasteiger partial charge in [0.05, 0.1) is 0 Å². The van der Waals surface area contributed by atoms with Crippen LogP contribution in [0, 0.1) is 0 Å². The molecule has 0 aliphatic carbocycles. The van der Waals surface area contributed by atoms with Crippen molar-refractivity contribution in [1.82, 2.24) is 4.90 Å². The molecule has 0 unspecified atom stereocenters. The highest BCUT2D eigenvalue weighted by molar-refractivity contribution is 4.53. The lowest BCUT2D eigenvalue weighted by Crippen LogP contribution is -2.25. The Balaban J connectivity index is 0. The molecule has 0 heterocycles. The maximum absolute atomic E-state index is 2.54. The molecule has 62 valence electrons. The highest BCUT2D eigenvalue weighted by Crippen LogP contribution is 1.94. The van der Waals surface area contributed by atoms with E-state index in [1.807, 2.05) is 0 Å². The van der Waals surface area contributed by atoms with Crippen molar-refractivity contribution in [1.29, 1.82) is 0 Å². The van der Waals surface area contributed by atoms with Crippen molar-refractivity contribution in [2.24, 2.45) is 0 Å². The van der Waals surface area contributed by atoms with E-state index >= 15 is 0 Å². The van der Waals surface area contributed by atoms with E-state index in [1.54, 1.807) is 0 Å². The summed E-state index contributed by atoms with van der Waals surface area (Å²) in [4.78, 5) is 2.54. The number of hydrogen-bond acceptors (Lipinski definition) is 1. The Kier molecular flexibility index (Phi) is 7.04. The minimum atomic E-state index is 0. The van der Waals surface area contributed by atoms with Gasteiger partial charge in [-0.1, -0.05) is 20.8 Å². The van der Waals surface area contributed by atoms with E-state index in [1.165, 1.54) is 38.9 Å². The van der Waals surface area contributed by atoms with Gasteiger partial charge in [0, 0.05) is 0 Å². The zero-order chi connectivity index (χ0) is 7.82. The first-order valence-corrected chi connectivity index (χ1v) is 4.57. The third-order valence-corrected chi connectivity index (χ3v) is 1.62. The van der Waals surface area contributed by atoms with Crippen LogP contribution in [0.4, 0.5) is 0 Å². The molecular weight excluding hydrogens is 122 g/mol. The SMILES string of the molecule is CCCN(CCC)CCC.[H+]. The third kappa shape index (κ3) is 4.80. The minimum Gasteiger partial charge on any atom is -0.303 e. The molecule has 10 heavy (non-hydrogen) atoms. The van der Waals surface area contributed by atoms with Gasteiger partial charge >= 0.3 is 1.43 Å². The van der Waals surface area contributed by atoms with E-state index in [0.717, 1.165) is 0 Å². The van der Waals surface area contributed by atoms with Crippen LogP contribution in [0.2, 0.25) is 0 Å². The number of hydrogen-bond donors (Lipinski definition) is 0. The summed E-state index contributed by atoms with van der Waals surface area (Å²) in [6, 6.07) is 0. The molecule has 0 amide bonds. The molecule has 0 aliphatic rings. The molecule has 0 aliphatic heterocycles. The van der Waals surface area contributed by atoms with Crippen molar-refractivity contribution >= 4 is 0 Å². The summed E-state index contributed by atoms with van der Waals surface area (Å²) >= 11 is 0. The lowest BCUT2D eigenvalue weighted by molar-refractivity contribution is 0.275. The number of nitrogens with zero attached hydrogens (tertiary/aromatic N) is 1. The predicted octanol–water partition coefficient (Wildman–Crippen LogP) is 2.63. The summed E-state index contributed by atoms with van der Waals surface area (Å²) in [7, 11) is 0. The lowest BCUT2D eigenvalue weighted by atomic mass is 10.3. The normalized spacial score (nSPS) is 10.8. The van der Waals surface area contributed by atoms with Gasteiger partial charge < -0.3 is 4.90 Å². The van der Waals surface area contributed by atoms with E-state index < -0.39 is 0 Å². The average molecular weight is 144 g/mol. The van der Waals surface area contributed by atoms with Crippen molar-refractivity contribution in [3.8, 4) is 0 Å². The minimum absolute atomic E-state index is 0. The first-order valence-electron chi connectivity index (χ1n) is 4.57. The quantitative estimate of drug-likeness (QED) is 0.554. The Bertz CT molecular complexity index is 52.3. The predicted molar refractivity (Wildman–Crippen MR) is 48.4 cm³/mol. The second kappa shape index (κ2) is 7.07. The molecule has 0 saturated heterocycles. The van der Waals surface area contributed by atoms with Crippen LogP contribution in [-0.2, 0) is 0 Å². The second-order valence-corrected chi connectivity index (χ2v) is 2.84. The van der Waals surface area contributed by atoms with Gasteiger partial charge in [-0.25, -0.2) is 0 Å². The summed E-state index contributed by atoms with van der Waals surface area (Å²) in [6.07, 6.45) is 3.88. The zero-order valence-corrected chi connectivity index (χ0v) is 7.69. The Labute approximate surface area is 66.9 Å². The van der Waals surface area contributed by atoms with Crippen LogP contribution >= 0.6 is 0 Å². The van der Waals surface area contributed by atoms with Gasteiger partial charge in [0.15, 0.2) is 0 Å². The summed E-state index contributed by atoms with van der Waals surface area (Å²) < 4.78 is 0. The molecule has 0 bridgehead atoms. The summed E-state index contributed by atoms with van der Waals surface area (Å²) in [6.45, 7) is 10.6. The summed E-state index contributed by atoms with van der Waals surface area (Å²) in [5, 5.41) is 0. The molecule has 0 rings (SSSR count). The molecule has 0 spiro atoms. The third-order valence-electron chi connectivity index (χ3n) is 1.62. The maximum Gasteiger partial charge on any atom is 1.00 e. The zero-order valence-electron chi connectivity index (χ0n) is 8.69. The fourth-order valence-electron chi connectivity index (χ4n) is 1.28. The molecule has 0 aromatic carbocycles. The second-order valence-electron chi connectivity index (χ2n) is 2.84. The van der Waals surface area contributed by atoms with Crippen LogP contribution in [0.5, 0.6) is 0 Å². The van der Waals surface area contributed by atoms with Crippen LogP contribution in [-0.4, -0.2) is 24.5 Å². The van der Waals surface area contributed by atoms with Gasteiger partial charge in [0.1, 0.15) is 0 Å². The molecule has 0 fully saturated rings. The average Bonchev–Trinajstić information content (AvgIpc) is 1.90. The molecule has 0 aromatic heterocycles. The monoisotopic (exact) mass is 144 g/mol. The molecular formula is C9H22N+. The molecule has 1 heteroatoms. The standard InChI is InChI=1S/C9H21N/c1-4-7-10(8-5-2)9-6-3/h4-9H2,1-3H3/p+1. The van der Waals surface area contributed by atoms with E-state index in [2.05, 4.69) is 25.7 Å². The van der Waals surface area contributed by atoms with E-state index in [9.17, 15) is 0 Å². The van der Waals surface area contributed by atoms with Gasteiger partial charge in [0.25, 0.3) is 0 Å². The first-order chi connectivity index (χ1) is 4.85. The van der Waals surface area contributed by atoms with Crippen LogP contribution in [0.3, 0.4) is 0 Å². The maximum atomic E-state index is 2.54. The molecule has 0 aromatic rings. The van der Waals surface area contributed by atoms with Gasteiger partial charge in [0.2, 0.25) is 0 Å². The number of rotatable bonds is 6. The molecule has 0 N–H and O–H groups in total. The van der Waals surface area contributed by atoms with Crippen molar-refractivity contribution in [3.05, 3.63) is 0 Å². The molecule has 0 saturated carbocycles. The largest absolute Gasteiger partial charge is 1.00 e. The smallest absolute Gasteiger partial charge is 0.303 e. The van der Waals surface area contributed by atoms with E-state index in [4.69, 9.17) is 0 Å². The lowest BCUT2D eigenvalue weighted by Gasteiger charge is -2.19. The van der Waals surface area contributed by atoms with Gasteiger partial charge in [-0.2, -0.15) is 0 Å². The fourth-order valence-corrected chi connectivity index (χ4v) is 1.28. The Morgan fingerprint density at radius 2 is 1.10 bits per heavy atom. The summed E-state index contributed by atoms with van der Waals surface area (Å²) in [5.74, 6) is 0. The van der Waals surface area contributed by atoms with Gasteiger partial charge in [-0.3, -0.25) is 0 Å². The molecule has 0 radical (unpaired) electrons. The van der Waals surface area contributed by atoms with Crippen LogP contribution in [0.25, 0.3) is 0 Å². The Hall–Kier alpha value is -0.0400. The Morgan fingerprint density at radius 1 is 0.800 bits per heavy atom. The van der Waals surface area contributed by atoms with Crippen molar-refractivity contribution in [3.63, 3.8) is 0 Å². The highest BCUT2D eigenvalue weighted by atomic mass is 15.1. The van der Waals surface area contributed by atoms with Crippen molar-refractivity contribution < 1.29 is 1.43 Å². The highest BCUT2D eigenvalue weighted by Gasteiger charge is 1.98. The topological polar surface area (TPSA) is 3.24 Å². The summed E-state index contributed by atoms with van der Waals surface area (Å²) in [5.41, 5.74) is 0. The van der Waals surface area contributed by atoms with E-state index in [0.29, 0.717) is 0 Å². The van der Waals surface area contributed by atoms with Gasteiger partial charge in [-0.15, -0.1) is 0 Å². The van der Waals surface area contributed by atoms with Crippen molar-refractivity contribution in [2.75, 3.05) is 19.6 Å². The van der Waals surface area contributed by atoms with Crippen LogP contribution < -0.4 is 0 Å². The van der Waals surface area contributed by atoms with Crippen LogP contribution in [0.1, 0.15) is 41.5 Å². The van der Waals surface area contributed by atoms with Crippen molar-refractivity contribution in [2.45, 2.75) is 40.0 Å². The first kappa shape index (κ1) is 9.96. The van der Waals surface area contributed by atoms with Gasteiger partial charge in [-0.05, 0) is 38.9 Å². The van der Waals surface area contributed by atoms with Crippen LogP contribution in [0.15, 0.2) is 0 Å². The van der Waals surface area contributed by atoms with E-state index in [-0.39, 0.29) is 1.43 Å². The molecule has 0 atom stereocenters. The molecule has 1 nitrogen and oxygen atoms in total. The Morgan fingerprint density at radius 3 is 1.30 bits per heavy atom. The fraction of sp³-hybridized carbons (Fsp3) is 1.00.